The van der Waals surface area contributed by atoms with Gasteiger partial charge in [-0.3, -0.25) is 4.98 Å². The summed E-state index contributed by atoms with van der Waals surface area (Å²) < 4.78 is 26.1. The van der Waals surface area contributed by atoms with Crippen molar-refractivity contribution in [2.75, 3.05) is 0 Å². The molecule has 1 aromatic carbocycles. The zero-order valence-corrected chi connectivity index (χ0v) is 7.17. The van der Waals surface area contributed by atoms with Crippen molar-refractivity contribution in [3.8, 4) is 11.1 Å². The summed E-state index contributed by atoms with van der Waals surface area (Å²) in [7, 11) is 0. The number of rotatable bonds is 1. The summed E-state index contributed by atoms with van der Waals surface area (Å²) >= 11 is 0. The quantitative estimate of drug-likeness (QED) is 0.673. The van der Waals surface area contributed by atoms with Crippen molar-refractivity contribution in [3.05, 3.63) is 54.4 Å². The van der Waals surface area contributed by atoms with Gasteiger partial charge in [-0.15, -0.1) is 0 Å². The van der Waals surface area contributed by atoms with Gasteiger partial charge in [0.2, 0.25) is 0 Å². The van der Waals surface area contributed by atoms with E-state index >= 15 is 0 Å². The lowest BCUT2D eigenvalue weighted by atomic mass is 10.1. The van der Waals surface area contributed by atoms with Crippen LogP contribution in [0.4, 0.5) is 8.78 Å². The van der Waals surface area contributed by atoms with Gasteiger partial charge in [-0.1, -0.05) is 12.1 Å². The Morgan fingerprint density at radius 2 is 2.07 bits per heavy atom. The molecule has 0 N–H and O–H groups in total. The van der Waals surface area contributed by atoms with E-state index in [0.29, 0.717) is 5.56 Å². The van der Waals surface area contributed by atoms with Crippen LogP contribution in [0.1, 0.15) is 0 Å². The Morgan fingerprint density at radius 1 is 1.21 bits per heavy atom. The molecule has 1 radical (unpaired) electrons. The van der Waals surface area contributed by atoms with E-state index < -0.39 is 11.6 Å². The van der Waals surface area contributed by atoms with E-state index in [2.05, 4.69) is 11.1 Å². The van der Waals surface area contributed by atoms with Gasteiger partial charge < -0.3 is 0 Å². The van der Waals surface area contributed by atoms with Crippen LogP contribution >= 0.6 is 0 Å². The van der Waals surface area contributed by atoms with Crippen LogP contribution in [0.5, 0.6) is 0 Å². The fourth-order valence-electron chi connectivity index (χ4n) is 1.18. The highest BCUT2D eigenvalue weighted by Gasteiger charge is 2.08. The number of nitrogens with zero attached hydrogens (tertiary/aromatic N) is 1. The second-order valence-electron chi connectivity index (χ2n) is 2.75. The fourth-order valence-corrected chi connectivity index (χ4v) is 1.18. The molecule has 0 saturated heterocycles. The maximum absolute atomic E-state index is 13.3. The highest BCUT2D eigenvalue weighted by atomic mass is 19.2. The number of pyridine rings is 1. The average Bonchev–Trinajstić information content (AvgIpc) is 2.23. The van der Waals surface area contributed by atoms with Crippen LogP contribution in [0.25, 0.3) is 11.1 Å². The van der Waals surface area contributed by atoms with E-state index in [1.165, 1.54) is 24.5 Å². The van der Waals surface area contributed by atoms with E-state index in [0.717, 1.165) is 6.07 Å². The van der Waals surface area contributed by atoms with E-state index in [9.17, 15) is 8.78 Å². The van der Waals surface area contributed by atoms with E-state index in [4.69, 9.17) is 0 Å². The predicted octanol–water partition coefficient (Wildman–Crippen LogP) is 2.83. The molecule has 69 valence electrons. The number of aromatic nitrogens is 1. The van der Waals surface area contributed by atoms with Crippen LogP contribution in [-0.2, 0) is 0 Å². The van der Waals surface area contributed by atoms with Gasteiger partial charge in [-0.25, -0.2) is 8.78 Å². The Hall–Kier alpha value is -1.77. The van der Waals surface area contributed by atoms with Crippen LogP contribution in [-0.4, -0.2) is 4.98 Å². The largest absolute Gasteiger partial charge is 0.264 e. The second-order valence-corrected chi connectivity index (χ2v) is 2.75. The molecule has 0 amide bonds. The summed E-state index contributed by atoms with van der Waals surface area (Å²) in [5.41, 5.74) is 0.627. The van der Waals surface area contributed by atoms with Crippen LogP contribution < -0.4 is 0 Å². The van der Waals surface area contributed by atoms with E-state index in [1.54, 1.807) is 6.07 Å². The first-order chi connectivity index (χ1) is 6.79. The fraction of sp³-hybridized carbons (Fsp3) is 0. The lowest BCUT2D eigenvalue weighted by Gasteiger charge is -2.01. The molecule has 1 nitrogen and oxygen atoms in total. The summed E-state index contributed by atoms with van der Waals surface area (Å²) in [5, 5.41) is 0. The molecule has 0 saturated carbocycles. The summed E-state index contributed by atoms with van der Waals surface area (Å²) in [5.74, 6) is -1.73. The number of halogens is 2. The first-order valence-electron chi connectivity index (χ1n) is 4.05. The lowest BCUT2D eigenvalue weighted by molar-refractivity contribution is 0.511. The molecule has 2 aromatic rings. The normalized spacial score (nSPS) is 10.1. The van der Waals surface area contributed by atoms with Gasteiger partial charge in [0.25, 0.3) is 0 Å². The number of hydrogen-bond acceptors (Lipinski definition) is 1. The Balaban J connectivity index is 2.58. The van der Waals surface area contributed by atoms with Crippen molar-refractivity contribution >= 4 is 0 Å². The summed E-state index contributed by atoms with van der Waals surface area (Å²) in [6, 6.07) is 8.36. The van der Waals surface area contributed by atoms with Gasteiger partial charge in [0, 0.05) is 23.5 Å². The maximum Gasteiger partial charge on any atom is 0.166 e. The van der Waals surface area contributed by atoms with Crippen LogP contribution in [0.15, 0.2) is 36.7 Å². The first kappa shape index (κ1) is 8.81. The molecule has 1 heterocycles. The molecule has 1 aromatic heterocycles. The topological polar surface area (TPSA) is 12.9 Å². The number of benzene rings is 1. The predicted molar refractivity (Wildman–Crippen MR) is 48.4 cm³/mol. The van der Waals surface area contributed by atoms with Crippen molar-refractivity contribution in [1.29, 1.82) is 0 Å². The van der Waals surface area contributed by atoms with Crippen molar-refractivity contribution in [3.63, 3.8) is 0 Å². The molecule has 0 aliphatic rings. The van der Waals surface area contributed by atoms with E-state index in [-0.39, 0.29) is 5.56 Å². The van der Waals surface area contributed by atoms with Gasteiger partial charge in [0.1, 0.15) is 0 Å². The van der Waals surface area contributed by atoms with Gasteiger partial charge >= 0.3 is 0 Å². The van der Waals surface area contributed by atoms with Crippen molar-refractivity contribution in [2.45, 2.75) is 0 Å². The zero-order valence-electron chi connectivity index (χ0n) is 7.17. The maximum atomic E-state index is 13.3. The van der Waals surface area contributed by atoms with Crippen LogP contribution in [0.3, 0.4) is 0 Å². The molecular weight excluding hydrogens is 184 g/mol. The molecular formula is C11H6F2N. The molecule has 2 rings (SSSR count). The van der Waals surface area contributed by atoms with Crippen LogP contribution in [0, 0.1) is 17.7 Å². The molecule has 0 aliphatic heterocycles. The van der Waals surface area contributed by atoms with E-state index in [1.807, 2.05) is 0 Å². The Labute approximate surface area is 80.0 Å². The average molecular weight is 190 g/mol. The third-order valence-electron chi connectivity index (χ3n) is 1.84. The Bertz CT molecular complexity index is 440. The standard InChI is InChI=1S/C11H6F2N/c12-10-5-1-4-9(11(10)13)8-3-2-6-14-7-8/h1-2,4-7H. The van der Waals surface area contributed by atoms with Gasteiger partial charge in [0.15, 0.2) is 11.6 Å². The zero-order chi connectivity index (χ0) is 9.97. The first-order valence-corrected chi connectivity index (χ1v) is 4.05. The van der Waals surface area contributed by atoms with Gasteiger partial charge in [0.05, 0.1) is 0 Å². The monoisotopic (exact) mass is 190 g/mol. The molecule has 0 bridgehead atoms. The lowest BCUT2D eigenvalue weighted by Crippen LogP contribution is -1.89. The van der Waals surface area contributed by atoms with Crippen LogP contribution in [0.2, 0.25) is 0 Å². The van der Waals surface area contributed by atoms with Crippen molar-refractivity contribution in [1.82, 2.24) is 4.98 Å². The molecule has 14 heavy (non-hydrogen) atoms. The Kier molecular flexibility index (Phi) is 2.23. The third kappa shape index (κ3) is 1.48. The highest BCUT2D eigenvalue weighted by Crippen LogP contribution is 2.22. The summed E-state index contributed by atoms with van der Waals surface area (Å²) in [6.45, 7) is 0. The smallest absolute Gasteiger partial charge is 0.166 e. The molecule has 0 aliphatic carbocycles. The molecule has 0 unspecified atom stereocenters. The molecule has 0 spiro atoms. The summed E-state index contributed by atoms with van der Waals surface area (Å²) in [4.78, 5) is 3.81. The minimum atomic E-state index is -0.864. The van der Waals surface area contributed by atoms with Gasteiger partial charge in [-0.05, 0) is 18.2 Å². The number of hydrogen-bond donors (Lipinski definition) is 0. The summed E-state index contributed by atoms with van der Waals surface area (Å²) in [6.07, 6.45) is 2.97. The molecule has 0 atom stereocenters. The van der Waals surface area contributed by atoms with Crippen molar-refractivity contribution in [2.24, 2.45) is 0 Å². The van der Waals surface area contributed by atoms with Gasteiger partial charge in [-0.2, -0.15) is 0 Å². The third-order valence-corrected chi connectivity index (χ3v) is 1.84. The second kappa shape index (κ2) is 3.54. The highest BCUT2D eigenvalue weighted by molar-refractivity contribution is 5.62. The Morgan fingerprint density at radius 3 is 2.79 bits per heavy atom. The minimum absolute atomic E-state index is 0.179. The molecule has 0 fully saturated rings. The molecule has 3 heteroatoms. The minimum Gasteiger partial charge on any atom is -0.264 e. The van der Waals surface area contributed by atoms with Crippen molar-refractivity contribution < 1.29 is 8.78 Å². The SMILES string of the molecule is Fc1cccc(-c2[c]ccnc2)c1F.